The summed E-state index contributed by atoms with van der Waals surface area (Å²) < 4.78 is 0. The second-order valence-corrected chi connectivity index (χ2v) is 4.50. The highest BCUT2D eigenvalue weighted by molar-refractivity contribution is 5.98. The first-order valence-electron chi connectivity index (χ1n) is 6.73. The van der Waals surface area contributed by atoms with E-state index in [1.807, 2.05) is 0 Å². The SMILES string of the molecule is CCC(CC)C(O)CNc1ncccc1C(=O)NC. The van der Waals surface area contributed by atoms with Gasteiger partial charge in [-0.05, 0) is 18.1 Å². The average Bonchev–Trinajstić information content (AvgIpc) is 2.45. The van der Waals surface area contributed by atoms with E-state index >= 15 is 0 Å². The number of aromatic nitrogens is 1. The lowest BCUT2D eigenvalue weighted by Gasteiger charge is -2.21. The lowest BCUT2D eigenvalue weighted by Crippen LogP contribution is -2.29. The van der Waals surface area contributed by atoms with Crippen LogP contribution in [0.25, 0.3) is 0 Å². The van der Waals surface area contributed by atoms with E-state index in [0.29, 0.717) is 17.9 Å². The van der Waals surface area contributed by atoms with Crippen molar-refractivity contribution in [1.29, 1.82) is 0 Å². The molecule has 0 saturated heterocycles. The van der Waals surface area contributed by atoms with Crippen LogP contribution in [0, 0.1) is 5.92 Å². The van der Waals surface area contributed by atoms with Gasteiger partial charge >= 0.3 is 0 Å². The number of hydrogen-bond acceptors (Lipinski definition) is 4. The fourth-order valence-electron chi connectivity index (χ4n) is 2.06. The maximum Gasteiger partial charge on any atom is 0.254 e. The molecule has 0 radical (unpaired) electrons. The molecule has 1 heterocycles. The highest BCUT2D eigenvalue weighted by Gasteiger charge is 2.17. The molecule has 0 aliphatic carbocycles. The Kier molecular flexibility index (Phi) is 6.29. The van der Waals surface area contributed by atoms with Crippen molar-refractivity contribution >= 4 is 11.7 Å². The number of carbonyl (C=O) groups excluding carboxylic acids is 1. The Bertz CT molecular complexity index is 405. The fourth-order valence-corrected chi connectivity index (χ4v) is 2.06. The minimum absolute atomic E-state index is 0.187. The van der Waals surface area contributed by atoms with Crippen molar-refractivity contribution in [2.45, 2.75) is 32.8 Å². The monoisotopic (exact) mass is 265 g/mol. The number of aliphatic hydroxyl groups is 1. The van der Waals surface area contributed by atoms with Gasteiger partial charge < -0.3 is 15.7 Å². The molecule has 0 bridgehead atoms. The molecule has 0 aliphatic heterocycles. The maximum atomic E-state index is 11.7. The standard InChI is InChI=1S/C14H23N3O2/c1-4-10(5-2)12(18)9-17-13-11(14(19)15-3)7-6-8-16-13/h6-8,10,12,18H,4-5,9H2,1-3H3,(H,15,19)(H,16,17). The lowest BCUT2D eigenvalue weighted by molar-refractivity contribution is 0.0962. The first-order chi connectivity index (χ1) is 9.13. The highest BCUT2D eigenvalue weighted by Crippen LogP contribution is 2.15. The van der Waals surface area contributed by atoms with Crippen molar-refractivity contribution in [3.63, 3.8) is 0 Å². The molecule has 0 aromatic carbocycles. The van der Waals surface area contributed by atoms with Gasteiger partial charge in [0.25, 0.3) is 5.91 Å². The summed E-state index contributed by atoms with van der Waals surface area (Å²) in [6.07, 6.45) is 3.06. The quantitative estimate of drug-likeness (QED) is 0.701. The van der Waals surface area contributed by atoms with Crippen LogP contribution >= 0.6 is 0 Å². The largest absolute Gasteiger partial charge is 0.391 e. The summed E-state index contributed by atoms with van der Waals surface area (Å²) in [7, 11) is 1.58. The van der Waals surface area contributed by atoms with Crippen LogP contribution in [0.3, 0.4) is 0 Å². The third-order valence-corrected chi connectivity index (χ3v) is 3.35. The second-order valence-electron chi connectivity index (χ2n) is 4.50. The molecule has 19 heavy (non-hydrogen) atoms. The fraction of sp³-hybridized carbons (Fsp3) is 0.571. The molecule has 0 aliphatic rings. The van der Waals surface area contributed by atoms with Crippen molar-refractivity contribution in [2.24, 2.45) is 5.92 Å². The summed E-state index contributed by atoms with van der Waals surface area (Å²) in [6.45, 7) is 4.52. The summed E-state index contributed by atoms with van der Waals surface area (Å²) in [6, 6.07) is 3.42. The Morgan fingerprint density at radius 2 is 2.11 bits per heavy atom. The first-order valence-corrected chi connectivity index (χ1v) is 6.73. The van der Waals surface area contributed by atoms with Crippen LogP contribution < -0.4 is 10.6 Å². The minimum Gasteiger partial charge on any atom is -0.391 e. The van der Waals surface area contributed by atoms with E-state index in [4.69, 9.17) is 0 Å². The van der Waals surface area contributed by atoms with Gasteiger partial charge in [-0.1, -0.05) is 26.7 Å². The number of hydrogen-bond donors (Lipinski definition) is 3. The van der Waals surface area contributed by atoms with E-state index in [9.17, 15) is 9.90 Å². The zero-order valence-electron chi connectivity index (χ0n) is 11.8. The third-order valence-electron chi connectivity index (χ3n) is 3.35. The van der Waals surface area contributed by atoms with Crippen LogP contribution in [0.15, 0.2) is 18.3 Å². The number of rotatable bonds is 7. The summed E-state index contributed by atoms with van der Waals surface area (Å²) in [5, 5.41) is 15.7. The van der Waals surface area contributed by atoms with E-state index in [0.717, 1.165) is 12.8 Å². The Labute approximate surface area is 114 Å². The zero-order chi connectivity index (χ0) is 14.3. The van der Waals surface area contributed by atoms with Crippen LogP contribution in [-0.2, 0) is 0 Å². The molecule has 106 valence electrons. The Hall–Kier alpha value is -1.62. The highest BCUT2D eigenvalue weighted by atomic mass is 16.3. The number of nitrogens with zero attached hydrogens (tertiary/aromatic N) is 1. The van der Waals surface area contributed by atoms with Crippen LogP contribution in [0.5, 0.6) is 0 Å². The molecule has 0 spiro atoms. The lowest BCUT2D eigenvalue weighted by atomic mass is 9.96. The molecule has 1 unspecified atom stereocenters. The summed E-state index contributed by atoms with van der Waals surface area (Å²) in [4.78, 5) is 15.8. The molecule has 1 atom stereocenters. The molecule has 1 aromatic rings. The van der Waals surface area contributed by atoms with E-state index in [2.05, 4.69) is 29.5 Å². The zero-order valence-corrected chi connectivity index (χ0v) is 11.8. The van der Waals surface area contributed by atoms with Gasteiger partial charge in [0.15, 0.2) is 0 Å². The van der Waals surface area contributed by atoms with Gasteiger partial charge in [-0.2, -0.15) is 0 Å². The summed E-state index contributed by atoms with van der Waals surface area (Å²) in [5.74, 6) is 0.583. The summed E-state index contributed by atoms with van der Waals surface area (Å²) >= 11 is 0. The number of amides is 1. The smallest absolute Gasteiger partial charge is 0.254 e. The van der Waals surface area contributed by atoms with E-state index in [-0.39, 0.29) is 11.8 Å². The molecular formula is C14H23N3O2. The van der Waals surface area contributed by atoms with E-state index in [1.165, 1.54) is 0 Å². The molecule has 0 fully saturated rings. The van der Waals surface area contributed by atoms with Crippen molar-refractivity contribution in [1.82, 2.24) is 10.3 Å². The minimum atomic E-state index is -0.436. The molecule has 1 rings (SSSR count). The number of nitrogens with one attached hydrogen (secondary N) is 2. The predicted molar refractivity (Wildman–Crippen MR) is 76.2 cm³/mol. The summed E-state index contributed by atoms with van der Waals surface area (Å²) in [5.41, 5.74) is 0.488. The number of aliphatic hydroxyl groups excluding tert-OH is 1. The van der Waals surface area contributed by atoms with Gasteiger partial charge in [0, 0.05) is 19.8 Å². The predicted octanol–water partition coefficient (Wildman–Crippen LogP) is 1.65. The Morgan fingerprint density at radius 3 is 2.68 bits per heavy atom. The van der Waals surface area contributed by atoms with Crippen molar-refractivity contribution in [3.8, 4) is 0 Å². The molecule has 3 N–H and O–H groups in total. The Morgan fingerprint density at radius 1 is 1.42 bits per heavy atom. The van der Waals surface area contributed by atoms with Gasteiger partial charge in [0.2, 0.25) is 0 Å². The molecule has 0 saturated carbocycles. The van der Waals surface area contributed by atoms with Crippen LogP contribution in [0.2, 0.25) is 0 Å². The van der Waals surface area contributed by atoms with Crippen LogP contribution in [0.1, 0.15) is 37.0 Å². The van der Waals surface area contributed by atoms with E-state index in [1.54, 1.807) is 25.4 Å². The number of carbonyl (C=O) groups is 1. The van der Waals surface area contributed by atoms with Crippen molar-refractivity contribution in [3.05, 3.63) is 23.9 Å². The molecule has 1 amide bonds. The van der Waals surface area contributed by atoms with Gasteiger partial charge in [0.1, 0.15) is 5.82 Å². The molecule has 5 nitrogen and oxygen atoms in total. The topological polar surface area (TPSA) is 74.2 Å². The van der Waals surface area contributed by atoms with Crippen molar-refractivity contribution in [2.75, 3.05) is 18.9 Å². The van der Waals surface area contributed by atoms with Crippen LogP contribution in [-0.4, -0.2) is 35.7 Å². The molecule has 1 aromatic heterocycles. The normalized spacial score (nSPS) is 12.3. The Balaban J connectivity index is 2.70. The van der Waals surface area contributed by atoms with Crippen LogP contribution in [0.4, 0.5) is 5.82 Å². The van der Waals surface area contributed by atoms with E-state index < -0.39 is 6.10 Å². The van der Waals surface area contributed by atoms with Gasteiger partial charge in [0.05, 0.1) is 11.7 Å². The van der Waals surface area contributed by atoms with Gasteiger partial charge in [-0.25, -0.2) is 4.98 Å². The molecular weight excluding hydrogens is 242 g/mol. The number of anilines is 1. The maximum absolute atomic E-state index is 11.7. The van der Waals surface area contributed by atoms with Gasteiger partial charge in [-0.3, -0.25) is 4.79 Å². The second kappa shape index (κ2) is 7.74. The average molecular weight is 265 g/mol. The number of pyridine rings is 1. The molecule has 5 heteroatoms. The van der Waals surface area contributed by atoms with Crippen molar-refractivity contribution < 1.29 is 9.90 Å². The third kappa shape index (κ3) is 4.21. The first kappa shape index (κ1) is 15.4. The van der Waals surface area contributed by atoms with Gasteiger partial charge in [-0.15, -0.1) is 0 Å².